The third kappa shape index (κ3) is 6.12. The van der Waals surface area contributed by atoms with Gasteiger partial charge in [-0.25, -0.2) is 0 Å². The predicted octanol–water partition coefficient (Wildman–Crippen LogP) is 7.62. The maximum absolute atomic E-state index is 11.8. The van der Waals surface area contributed by atoms with E-state index in [1.165, 1.54) is 44.1 Å². The molecule has 30 heavy (non-hydrogen) atoms. The second-order valence-electron chi connectivity index (χ2n) is 11.0. The Labute approximate surface area is 185 Å². The van der Waals surface area contributed by atoms with E-state index in [0.717, 1.165) is 37.0 Å². The van der Waals surface area contributed by atoms with Gasteiger partial charge in [-0.15, -0.1) is 0 Å². The summed E-state index contributed by atoms with van der Waals surface area (Å²) in [6.45, 7) is 11.8. The van der Waals surface area contributed by atoms with Gasteiger partial charge in [-0.2, -0.15) is 5.26 Å². The summed E-state index contributed by atoms with van der Waals surface area (Å²) in [6, 6.07) is 2.22. The Hall–Kier alpha value is -1.30. The van der Waals surface area contributed by atoms with E-state index in [4.69, 9.17) is 5.26 Å². The molecule has 0 radical (unpaired) electrons. The monoisotopic (exact) mass is 415 g/mol. The third-order valence-corrected chi connectivity index (χ3v) is 8.59. The van der Waals surface area contributed by atoms with Crippen molar-refractivity contribution >= 4 is 5.97 Å². The summed E-state index contributed by atoms with van der Waals surface area (Å²) in [5.74, 6) is 2.82. The second-order valence-corrected chi connectivity index (χ2v) is 11.0. The third-order valence-electron chi connectivity index (χ3n) is 8.59. The molecule has 0 spiro atoms. The first-order valence-electron chi connectivity index (χ1n) is 12.5. The number of unbranched alkanes of at least 4 members (excludes halogenated alkanes) is 2. The van der Waals surface area contributed by atoms with Gasteiger partial charge in [0.05, 0.1) is 6.07 Å². The van der Waals surface area contributed by atoms with E-state index in [-0.39, 0.29) is 5.92 Å². The average molecular weight is 416 g/mol. The van der Waals surface area contributed by atoms with Gasteiger partial charge >= 0.3 is 5.97 Å². The van der Waals surface area contributed by atoms with Gasteiger partial charge in [0, 0.05) is 12.8 Å². The smallest absolute Gasteiger partial charge is 0.303 e. The van der Waals surface area contributed by atoms with Crippen LogP contribution in [-0.4, -0.2) is 11.1 Å². The Morgan fingerprint density at radius 2 is 1.93 bits per heavy atom. The summed E-state index contributed by atoms with van der Waals surface area (Å²) in [7, 11) is 0. The molecule has 0 amide bonds. The number of hydrogen-bond donors (Lipinski definition) is 1. The van der Waals surface area contributed by atoms with Gasteiger partial charge in [0.2, 0.25) is 0 Å². The van der Waals surface area contributed by atoms with Crippen LogP contribution < -0.4 is 0 Å². The first kappa shape index (κ1) is 25.0. The first-order valence-corrected chi connectivity index (χ1v) is 12.5. The number of nitriles is 1. The van der Waals surface area contributed by atoms with Gasteiger partial charge in [-0.05, 0) is 86.4 Å². The highest BCUT2D eigenvalue weighted by Crippen LogP contribution is 2.62. The van der Waals surface area contributed by atoms with Gasteiger partial charge < -0.3 is 5.11 Å². The molecule has 2 aliphatic carbocycles. The Kier molecular flexibility index (Phi) is 9.45. The topological polar surface area (TPSA) is 61.1 Å². The number of carboxylic acid groups (broad SMARTS) is 1. The molecule has 0 aromatic heterocycles. The molecule has 0 aliphatic heterocycles. The van der Waals surface area contributed by atoms with Crippen molar-refractivity contribution in [2.24, 2.45) is 40.9 Å². The van der Waals surface area contributed by atoms with Crippen molar-refractivity contribution in [2.75, 3.05) is 0 Å². The number of carbonyl (C=O) groups is 1. The molecule has 3 heteroatoms. The van der Waals surface area contributed by atoms with Gasteiger partial charge in [-0.1, -0.05) is 58.6 Å². The molecule has 1 unspecified atom stereocenters. The van der Waals surface area contributed by atoms with Gasteiger partial charge in [0.25, 0.3) is 0 Å². The minimum Gasteiger partial charge on any atom is -0.481 e. The lowest BCUT2D eigenvalue weighted by Crippen LogP contribution is -2.43. The SMILES string of the molecule is C/C(=C/CCCC#N)[C@H]1CC[C@]2(C)[C@@H](C(C)CCCC(C)C)CC[C@H]2[C@@H]1CC(=O)O. The minimum atomic E-state index is -0.639. The highest BCUT2D eigenvalue weighted by atomic mass is 16.4. The van der Waals surface area contributed by atoms with Crippen molar-refractivity contribution in [3.05, 3.63) is 11.6 Å². The largest absolute Gasteiger partial charge is 0.481 e. The number of nitrogens with zero attached hydrogens (tertiary/aromatic N) is 1. The van der Waals surface area contributed by atoms with Crippen molar-refractivity contribution < 1.29 is 9.90 Å². The van der Waals surface area contributed by atoms with Crippen LogP contribution in [0.4, 0.5) is 0 Å². The molecule has 2 aliphatic rings. The molecule has 2 rings (SSSR count). The van der Waals surface area contributed by atoms with E-state index in [9.17, 15) is 9.90 Å². The molecule has 0 heterocycles. The van der Waals surface area contributed by atoms with E-state index in [1.807, 2.05) is 0 Å². The normalized spacial score (nSPS) is 32.6. The molecule has 0 saturated heterocycles. The summed E-state index contributed by atoms with van der Waals surface area (Å²) >= 11 is 0. The van der Waals surface area contributed by atoms with Crippen LogP contribution in [0.3, 0.4) is 0 Å². The molecule has 0 aromatic carbocycles. The van der Waals surface area contributed by atoms with Crippen LogP contribution in [0.15, 0.2) is 11.6 Å². The number of aliphatic carboxylic acids is 1. The van der Waals surface area contributed by atoms with Crippen LogP contribution in [0.5, 0.6) is 0 Å². The summed E-state index contributed by atoms with van der Waals surface area (Å²) in [5.41, 5.74) is 1.67. The number of rotatable bonds is 11. The number of allylic oxidation sites excluding steroid dienone is 2. The van der Waals surface area contributed by atoms with E-state index in [2.05, 4.69) is 46.8 Å². The lowest BCUT2D eigenvalue weighted by Gasteiger charge is -2.50. The highest BCUT2D eigenvalue weighted by Gasteiger charge is 2.55. The molecular formula is C27H45NO2. The van der Waals surface area contributed by atoms with Gasteiger partial charge in [-0.3, -0.25) is 4.79 Å². The number of fused-ring (bicyclic) bond motifs is 1. The van der Waals surface area contributed by atoms with Crippen LogP contribution >= 0.6 is 0 Å². The Morgan fingerprint density at radius 3 is 2.57 bits per heavy atom. The van der Waals surface area contributed by atoms with Crippen LogP contribution in [0, 0.1) is 52.3 Å². The molecule has 6 atom stereocenters. The van der Waals surface area contributed by atoms with E-state index >= 15 is 0 Å². The summed E-state index contributed by atoms with van der Waals surface area (Å²) < 4.78 is 0. The van der Waals surface area contributed by atoms with Crippen molar-refractivity contribution in [3.8, 4) is 6.07 Å². The summed E-state index contributed by atoms with van der Waals surface area (Å²) in [5, 5.41) is 18.5. The second kappa shape index (κ2) is 11.4. The molecule has 1 N–H and O–H groups in total. The number of carboxylic acids is 1. The average Bonchev–Trinajstić information content (AvgIpc) is 3.02. The van der Waals surface area contributed by atoms with Crippen molar-refractivity contribution in [1.82, 2.24) is 0 Å². The Morgan fingerprint density at radius 1 is 1.20 bits per heavy atom. The highest BCUT2D eigenvalue weighted by molar-refractivity contribution is 5.67. The predicted molar refractivity (Wildman–Crippen MR) is 124 cm³/mol. The van der Waals surface area contributed by atoms with Gasteiger partial charge in [0.1, 0.15) is 0 Å². The standard InChI is InChI=1S/C27H45NO2/c1-19(2)10-9-12-21(4)24-13-14-25-23(18-26(29)30)22(15-16-27(24,25)5)20(3)11-7-6-8-17-28/h11,19,21-25H,6-10,12-16,18H2,1-5H3,(H,29,30)/b20-11-/t21?,22-,23-,24-,25+,27-/m1/s1. The fourth-order valence-corrected chi connectivity index (χ4v) is 7.03. The molecule has 170 valence electrons. The summed E-state index contributed by atoms with van der Waals surface area (Å²) in [6.07, 6.45) is 13.8. The fourth-order valence-electron chi connectivity index (χ4n) is 7.03. The molecule has 2 fully saturated rings. The molecule has 3 nitrogen and oxygen atoms in total. The Balaban J connectivity index is 2.13. The van der Waals surface area contributed by atoms with Crippen LogP contribution in [0.25, 0.3) is 0 Å². The zero-order valence-corrected chi connectivity index (χ0v) is 20.1. The van der Waals surface area contributed by atoms with Crippen molar-refractivity contribution in [1.29, 1.82) is 5.26 Å². The molecule has 0 aromatic rings. The fraction of sp³-hybridized carbons (Fsp3) is 0.852. The van der Waals surface area contributed by atoms with Crippen LogP contribution in [-0.2, 0) is 4.79 Å². The van der Waals surface area contributed by atoms with E-state index in [1.54, 1.807) is 0 Å². The molecule has 2 saturated carbocycles. The van der Waals surface area contributed by atoms with E-state index in [0.29, 0.717) is 30.1 Å². The first-order chi connectivity index (χ1) is 14.2. The van der Waals surface area contributed by atoms with Crippen LogP contribution in [0.1, 0.15) is 105 Å². The molecule has 0 bridgehead atoms. The van der Waals surface area contributed by atoms with Crippen molar-refractivity contribution in [3.63, 3.8) is 0 Å². The lowest BCUT2D eigenvalue weighted by atomic mass is 9.54. The minimum absolute atomic E-state index is 0.265. The van der Waals surface area contributed by atoms with Gasteiger partial charge in [0.15, 0.2) is 0 Å². The maximum Gasteiger partial charge on any atom is 0.303 e. The van der Waals surface area contributed by atoms with Crippen molar-refractivity contribution in [2.45, 2.75) is 105 Å². The van der Waals surface area contributed by atoms with Crippen LogP contribution in [0.2, 0.25) is 0 Å². The zero-order valence-electron chi connectivity index (χ0n) is 20.1. The number of hydrogen-bond acceptors (Lipinski definition) is 2. The zero-order chi connectivity index (χ0) is 22.3. The quantitative estimate of drug-likeness (QED) is 0.279. The maximum atomic E-state index is 11.8. The lowest BCUT2D eigenvalue weighted by molar-refractivity contribution is -0.140. The Bertz CT molecular complexity index is 631. The summed E-state index contributed by atoms with van der Waals surface area (Å²) in [4.78, 5) is 11.8. The van der Waals surface area contributed by atoms with E-state index < -0.39 is 5.97 Å². The molecular weight excluding hydrogens is 370 g/mol.